The van der Waals surface area contributed by atoms with Crippen molar-refractivity contribution in [2.75, 3.05) is 33.0 Å². The molecule has 0 amide bonds. The van der Waals surface area contributed by atoms with Crippen LogP contribution in [-0.4, -0.2) is 49.9 Å². The van der Waals surface area contributed by atoms with Gasteiger partial charge in [0.15, 0.2) is 0 Å². The number of unbranched alkanes of at least 4 members (excludes halogenated alkanes) is 15. The summed E-state index contributed by atoms with van der Waals surface area (Å²) in [6.07, 6.45) is 20.5. The second-order valence-corrected chi connectivity index (χ2v) is 10.7. The van der Waals surface area contributed by atoms with Gasteiger partial charge in [-0.2, -0.15) is 0 Å². The zero-order chi connectivity index (χ0) is 26.0. The lowest BCUT2D eigenvalue weighted by molar-refractivity contribution is -0.154. The molecule has 0 aliphatic carbocycles. The zero-order valence-electron chi connectivity index (χ0n) is 22.6. The molecule has 0 fully saturated rings. The summed E-state index contributed by atoms with van der Waals surface area (Å²) in [4.78, 5) is 21.2. The number of hydrogen-bond donors (Lipinski definition) is 2. The van der Waals surface area contributed by atoms with Crippen molar-refractivity contribution < 1.29 is 32.8 Å². The summed E-state index contributed by atoms with van der Waals surface area (Å²) < 4.78 is 32.2. The van der Waals surface area contributed by atoms with Crippen LogP contribution in [0, 0.1) is 0 Å². The average Bonchev–Trinajstić information content (AvgIpc) is 2.85. The van der Waals surface area contributed by atoms with Crippen LogP contribution in [0.3, 0.4) is 0 Å². The normalized spacial score (nSPS) is 14.1. The van der Waals surface area contributed by atoms with Gasteiger partial charge in [-0.25, -0.2) is 4.57 Å². The highest BCUT2D eigenvalue weighted by Gasteiger charge is 2.24. The Labute approximate surface area is 214 Å². The van der Waals surface area contributed by atoms with Crippen LogP contribution < -0.4 is 5.73 Å². The van der Waals surface area contributed by atoms with Gasteiger partial charge in [0.2, 0.25) is 0 Å². The number of hydrogen-bond acceptors (Lipinski definition) is 7. The number of phosphoric acid groups is 1. The second-order valence-electron chi connectivity index (χ2n) is 9.23. The van der Waals surface area contributed by atoms with Gasteiger partial charge in [0, 0.05) is 19.6 Å². The summed E-state index contributed by atoms with van der Waals surface area (Å²) in [6, 6.07) is 0. The summed E-state index contributed by atoms with van der Waals surface area (Å²) >= 11 is 0. The number of nitrogens with two attached hydrogens (primary N) is 1. The highest BCUT2D eigenvalue weighted by atomic mass is 31.2. The molecule has 0 aliphatic rings. The molecule has 8 nitrogen and oxygen atoms in total. The van der Waals surface area contributed by atoms with E-state index in [0.29, 0.717) is 6.61 Å². The highest BCUT2D eigenvalue weighted by molar-refractivity contribution is 7.47. The van der Waals surface area contributed by atoms with Crippen molar-refractivity contribution >= 4 is 13.8 Å². The van der Waals surface area contributed by atoms with Crippen molar-refractivity contribution in [2.24, 2.45) is 5.73 Å². The van der Waals surface area contributed by atoms with Crippen molar-refractivity contribution in [2.45, 2.75) is 129 Å². The molecule has 0 rings (SSSR count). The quantitative estimate of drug-likeness (QED) is 0.0695. The lowest BCUT2D eigenvalue weighted by Crippen LogP contribution is -2.28. The van der Waals surface area contributed by atoms with Gasteiger partial charge in [0.05, 0.1) is 19.8 Å². The first kappa shape index (κ1) is 34.5. The van der Waals surface area contributed by atoms with Crippen LogP contribution in [0.5, 0.6) is 0 Å². The molecule has 2 unspecified atom stereocenters. The third kappa shape index (κ3) is 25.0. The molecule has 0 bridgehead atoms. The molecule has 35 heavy (non-hydrogen) atoms. The molecular weight excluding hydrogens is 469 g/mol. The average molecular weight is 524 g/mol. The maximum absolute atomic E-state index is 11.7. The van der Waals surface area contributed by atoms with Crippen LogP contribution in [0.2, 0.25) is 0 Å². The van der Waals surface area contributed by atoms with Crippen LogP contribution in [0.4, 0.5) is 0 Å². The Morgan fingerprint density at radius 1 is 0.743 bits per heavy atom. The minimum Gasteiger partial charge on any atom is -0.457 e. The van der Waals surface area contributed by atoms with Gasteiger partial charge in [-0.1, -0.05) is 110 Å². The fourth-order valence-corrected chi connectivity index (χ4v) is 4.50. The monoisotopic (exact) mass is 523 g/mol. The molecule has 2 atom stereocenters. The summed E-state index contributed by atoms with van der Waals surface area (Å²) in [5.41, 5.74) is 5.25. The topological polar surface area (TPSA) is 117 Å². The second kappa shape index (κ2) is 25.2. The Morgan fingerprint density at radius 3 is 1.69 bits per heavy atom. The molecule has 0 radical (unpaired) electrons. The minimum atomic E-state index is -4.22. The Hall–Kier alpha value is -0.500. The summed E-state index contributed by atoms with van der Waals surface area (Å²) in [6.45, 7) is 4.35. The van der Waals surface area contributed by atoms with Crippen LogP contribution >= 0.6 is 7.82 Å². The largest absolute Gasteiger partial charge is 0.472 e. The molecule has 3 N–H and O–H groups in total. The smallest absolute Gasteiger partial charge is 0.457 e. The number of rotatable bonds is 27. The summed E-state index contributed by atoms with van der Waals surface area (Å²) in [5, 5.41) is 0. The van der Waals surface area contributed by atoms with Crippen LogP contribution in [0.1, 0.15) is 123 Å². The SMILES string of the molecule is CCCCCCCCCCCCCCCCCCOCC(COP(=O)(O)OCCN)OC(=O)CC. The van der Waals surface area contributed by atoms with Gasteiger partial charge in [-0.05, 0) is 6.42 Å². The predicted molar refractivity (Wildman–Crippen MR) is 141 cm³/mol. The standard InChI is InChI=1S/C26H54NO7P/c1-3-5-6-7-8-9-10-11-12-13-14-15-16-17-18-19-21-31-23-25(34-26(28)4-2)24-33-35(29,30)32-22-20-27/h25H,3-24,27H2,1-2H3,(H,29,30). The van der Waals surface area contributed by atoms with E-state index in [0.717, 1.165) is 12.8 Å². The molecule has 0 spiro atoms. The van der Waals surface area contributed by atoms with E-state index in [-0.39, 0.29) is 32.8 Å². The van der Waals surface area contributed by atoms with Crippen molar-refractivity contribution in [3.8, 4) is 0 Å². The maximum Gasteiger partial charge on any atom is 0.472 e. The minimum absolute atomic E-state index is 0.0943. The molecule has 0 aromatic rings. The third-order valence-electron chi connectivity index (χ3n) is 5.83. The van der Waals surface area contributed by atoms with Crippen LogP contribution in [-0.2, 0) is 27.9 Å². The first-order chi connectivity index (χ1) is 16.9. The van der Waals surface area contributed by atoms with Gasteiger partial charge in [0.1, 0.15) is 6.10 Å². The Bertz CT molecular complexity index is 522. The van der Waals surface area contributed by atoms with Gasteiger partial charge in [-0.15, -0.1) is 0 Å². The van der Waals surface area contributed by atoms with Crippen molar-refractivity contribution in [1.29, 1.82) is 0 Å². The van der Waals surface area contributed by atoms with Crippen molar-refractivity contribution in [3.63, 3.8) is 0 Å². The first-order valence-electron chi connectivity index (χ1n) is 14.0. The lowest BCUT2D eigenvalue weighted by atomic mass is 10.0. The number of esters is 1. The molecule has 0 saturated carbocycles. The third-order valence-corrected chi connectivity index (χ3v) is 6.81. The van der Waals surface area contributed by atoms with E-state index in [1.807, 2.05) is 0 Å². The van der Waals surface area contributed by atoms with Crippen LogP contribution in [0.25, 0.3) is 0 Å². The number of carbonyl (C=O) groups is 1. The molecular formula is C26H54NO7P. The Morgan fingerprint density at radius 2 is 1.23 bits per heavy atom. The molecule has 0 aromatic carbocycles. The first-order valence-corrected chi connectivity index (χ1v) is 15.5. The number of carbonyl (C=O) groups excluding carboxylic acids is 1. The lowest BCUT2D eigenvalue weighted by Gasteiger charge is -2.19. The molecule has 0 aromatic heterocycles. The van der Waals surface area contributed by atoms with Crippen LogP contribution in [0.15, 0.2) is 0 Å². The number of phosphoric ester groups is 1. The Kier molecular flexibility index (Phi) is 24.8. The zero-order valence-corrected chi connectivity index (χ0v) is 23.4. The van der Waals surface area contributed by atoms with Crippen molar-refractivity contribution in [1.82, 2.24) is 0 Å². The van der Waals surface area contributed by atoms with Crippen molar-refractivity contribution in [3.05, 3.63) is 0 Å². The van der Waals surface area contributed by atoms with E-state index in [4.69, 9.17) is 19.7 Å². The van der Waals surface area contributed by atoms with E-state index < -0.39 is 19.9 Å². The molecule has 0 saturated heterocycles. The fourth-order valence-electron chi connectivity index (χ4n) is 3.74. The number of ether oxygens (including phenoxy) is 2. The summed E-state index contributed by atoms with van der Waals surface area (Å²) in [5.74, 6) is -0.416. The van der Waals surface area contributed by atoms with E-state index in [1.54, 1.807) is 6.92 Å². The predicted octanol–water partition coefficient (Wildman–Crippen LogP) is 6.68. The van der Waals surface area contributed by atoms with E-state index in [9.17, 15) is 14.3 Å². The van der Waals surface area contributed by atoms with Gasteiger partial charge >= 0.3 is 13.8 Å². The van der Waals surface area contributed by atoms with Gasteiger partial charge in [-0.3, -0.25) is 13.8 Å². The summed E-state index contributed by atoms with van der Waals surface area (Å²) in [7, 11) is -4.22. The molecule has 210 valence electrons. The maximum atomic E-state index is 11.7. The molecule has 0 aliphatic heterocycles. The molecule has 9 heteroatoms. The van der Waals surface area contributed by atoms with E-state index >= 15 is 0 Å². The molecule has 0 heterocycles. The Balaban J connectivity index is 3.66. The van der Waals surface area contributed by atoms with E-state index in [1.165, 1.54) is 89.9 Å². The van der Waals surface area contributed by atoms with E-state index in [2.05, 4.69) is 11.4 Å². The highest BCUT2D eigenvalue weighted by Crippen LogP contribution is 2.43. The van der Waals surface area contributed by atoms with Gasteiger partial charge < -0.3 is 20.1 Å². The fraction of sp³-hybridized carbons (Fsp3) is 0.962. The van der Waals surface area contributed by atoms with Gasteiger partial charge in [0.25, 0.3) is 0 Å².